The molecule has 0 bridgehead atoms. The van der Waals surface area contributed by atoms with Crippen molar-refractivity contribution in [2.24, 2.45) is 0 Å². The van der Waals surface area contributed by atoms with Gasteiger partial charge in [0.25, 0.3) is 5.91 Å². The lowest BCUT2D eigenvalue weighted by Crippen LogP contribution is -2.49. The van der Waals surface area contributed by atoms with Crippen LogP contribution in [0.5, 0.6) is 5.75 Å². The minimum atomic E-state index is -1.23. The molecule has 2 heterocycles. The number of ether oxygens (including phenoxy) is 1. The van der Waals surface area contributed by atoms with Crippen molar-refractivity contribution in [1.82, 2.24) is 15.5 Å². The average molecular weight is 469 g/mol. The van der Waals surface area contributed by atoms with Crippen molar-refractivity contribution in [1.29, 1.82) is 0 Å². The molecule has 2 aromatic rings. The normalized spacial score (nSPS) is 19.2. The molecule has 1 fully saturated rings. The molecule has 2 amide bonds. The fraction of sp³-hybridized carbons (Fsp3) is 0.440. The minimum Gasteiger partial charge on any atom is -0.465 e. The van der Waals surface area contributed by atoms with Gasteiger partial charge in [0.1, 0.15) is 5.75 Å². The molecule has 1 unspecified atom stereocenters. The van der Waals surface area contributed by atoms with E-state index in [-0.39, 0.29) is 18.8 Å². The summed E-state index contributed by atoms with van der Waals surface area (Å²) in [5.41, 5.74) is 2.27. The number of nitrogens with zero attached hydrogens (tertiary/aromatic N) is 2. The number of rotatable bonds is 9. The zero-order chi connectivity index (χ0) is 24.1. The minimum absolute atomic E-state index is 0.0912. The Morgan fingerprint density at radius 3 is 2.56 bits per heavy atom. The zero-order valence-electron chi connectivity index (χ0n) is 19.3. The van der Waals surface area contributed by atoms with E-state index in [0.717, 1.165) is 43.7 Å². The summed E-state index contributed by atoms with van der Waals surface area (Å²) in [6.45, 7) is 4.78. The number of amides is 2. The zero-order valence-corrected chi connectivity index (χ0v) is 19.3. The number of carbonyl (C=O) groups is 2. The van der Waals surface area contributed by atoms with E-state index in [9.17, 15) is 14.7 Å². The van der Waals surface area contributed by atoms with Crippen LogP contribution in [0.4, 0.5) is 10.5 Å². The molecule has 0 radical (unpaired) electrons. The number of likely N-dealkylation sites (tertiary alicyclic amines) is 1. The first-order valence-electron chi connectivity index (χ1n) is 11.8. The van der Waals surface area contributed by atoms with Gasteiger partial charge in [0.15, 0.2) is 0 Å². The number of anilines is 1. The van der Waals surface area contributed by atoms with Crippen LogP contribution in [0.1, 0.15) is 35.7 Å². The van der Waals surface area contributed by atoms with Gasteiger partial charge in [0.2, 0.25) is 6.35 Å². The lowest BCUT2D eigenvalue weighted by atomic mass is 10.0. The van der Waals surface area contributed by atoms with Crippen LogP contribution >= 0.6 is 0 Å². The van der Waals surface area contributed by atoms with Crippen LogP contribution < -0.4 is 20.3 Å². The second-order valence-corrected chi connectivity index (χ2v) is 8.68. The largest absolute Gasteiger partial charge is 0.465 e. The highest BCUT2D eigenvalue weighted by Gasteiger charge is 2.36. The fourth-order valence-corrected chi connectivity index (χ4v) is 4.60. The Morgan fingerprint density at radius 2 is 1.88 bits per heavy atom. The summed E-state index contributed by atoms with van der Waals surface area (Å²) >= 11 is 0. The molecule has 1 saturated heterocycles. The van der Waals surface area contributed by atoms with Crippen molar-refractivity contribution in [3.8, 4) is 5.75 Å². The Morgan fingerprint density at radius 1 is 1.15 bits per heavy atom. The van der Waals surface area contributed by atoms with E-state index in [1.807, 2.05) is 36.4 Å². The number of fused-ring (bicyclic) bond motifs is 1. The van der Waals surface area contributed by atoms with E-state index >= 15 is 0 Å². The highest BCUT2D eigenvalue weighted by Crippen LogP contribution is 2.39. The first-order chi connectivity index (χ1) is 16.5. The Kier molecular flexibility index (Phi) is 7.54. The smallest absolute Gasteiger partial charge is 0.404 e. The van der Waals surface area contributed by atoms with E-state index in [0.29, 0.717) is 17.7 Å². The monoisotopic (exact) mass is 468 g/mol. The standard InChI is InChI=1S/C25H32N4O5/c1-2-29-20-11-10-18(15-22(20)34-25(29)28-12-6-7-13-28)23(31)26-16-21(30)19(27-24(32)33)14-17-8-4-3-5-9-17/h3-5,8-11,15,19,21,25,27,30H,2,6-7,12-14,16H2,1H3,(H,26,31)(H,32,33)/t19-,21-,25?/m0/s1. The molecule has 9 heteroatoms. The van der Waals surface area contributed by atoms with Gasteiger partial charge in [-0.2, -0.15) is 0 Å². The molecule has 3 atom stereocenters. The van der Waals surface area contributed by atoms with Gasteiger partial charge in [-0.15, -0.1) is 0 Å². The number of benzene rings is 2. The molecule has 0 saturated carbocycles. The van der Waals surface area contributed by atoms with Gasteiger partial charge in [0, 0.05) is 31.7 Å². The third kappa shape index (κ3) is 5.43. The first-order valence-corrected chi connectivity index (χ1v) is 11.8. The van der Waals surface area contributed by atoms with Gasteiger partial charge in [-0.05, 0) is 49.9 Å². The summed E-state index contributed by atoms with van der Waals surface area (Å²) in [5.74, 6) is 0.313. The maximum Gasteiger partial charge on any atom is 0.404 e. The second-order valence-electron chi connectivity index (χ2n) is 8.68. The molecule has 2 aliphatic heterocycles. The summed E-state index contributed by atoms with van der Waals surface area (Å²) in [7, 11) is 0. The number of aliphatic hydroxyl groups excluding tert-OH is 1. The third-order valence-corrected chi connectivity index (χ3v) is 6.37. The highest BCUT2D eigenvalue weighted by molar-refractivity contribution is 5.95. The molecule has 182 valence electrons. The third-order valence-electron chi connectivity index (χ3n) is 6.37. The number of nitrogens with one attached hydrogen (secondary N) is 2. The number of hydrogen-bond acceptors (Lipinski definition) is 6. The maximum atomic E-state index is 12.8. The van der Waals surface area contributed by atoms with Crippen molar-refractivity contribution < 1.29 is 24.5 Å². The number of carboxylic acid groups (broad SMARTS) is 1. The van der Waals surface area contributed by atoms with Crippen LogP contribution in [0.25, 0.3) is 0 Å². The van der Waals surface area contributed by atoms with Gasteiger partial charge in [-0.1, -0.05) is 30.3 Å². The van der Waals surface area contributed by atoms with Gasteiger partial charge < -0.3 is 30.5 Å². The Hall–Kier alpha value is -3.30. The molecule has 2 aliphatic rings. The van der Waals surface area contributed by atoms with Crippen molar-refractivity contribution >= 4 is 17.7 Å². The van der Waals surface area contributed by atoms with E-state index in [4.69, 9.17) is 9.84 Å². The Bertz CT molecular complexity index is 996. The Balaban J connectivity index is 1.39. The summed E-state index contributed by atoms with van der Waals surface area (Å²) in [5, 5.41) is 24.9. The van der Waals surface area contributed by atoms with Crippen LogP contribution in [0, 0.1) is 0 Å². The van der Waals surface area contributed by atoms with Gasteiger partial charge >= 0.3 is 6.09 Å². The molecule has 0 aliphatic carbocycles. The molecule has 34 heavy (non-hydrogen) atoms. The van der Waals surface area contributed by atoms with E-state index < -0.39 is 18.2 Å². The fourth-order valence-electron chi connectivity index (χ4n) is 4.60. The topological polar surface area (TPSA) is 114 Å². The average Bonchev–Trinajstić information content (AvgIpc) is 3.49. The predicted octanol–water partition coefficient (Wildman–Crippen LogP) is 2.25. The maximum absolute atomic E-state index is 12.8. The molecule has 4 N–H and O–H groups in total. The molecule has 2 aromatic carbocycles. The summed E-state index contributed by atoms with van der Waals surface area (Å²) in [4.78, 5) is 28.5. The van der Waals surface area contributed by atoms with Crippen LogP contribution in [-0.2, 0) is 6.42 Å². The van der Waals surface area contributed by atoms with Crippen molar-refractivity contribution in [3.05, 3.63) is 59.7 Å². The second kappa shape index (κ2) is 10.8. The Labute approximate surface area is 199 Å². The molecule has 0 spiro atoms. The van der Waals surface area contributed by atoms with Crippen molar-refractivity contribution in [2.75, 3.05) is 31.1 Å². The SMILES string of the molecule is CCN1c2ccc(C(=O)NC[C@H](O)[C@H](Cc3ccccc3)NC(=O)O)cc2OC1N1CCCC1. The summed E-state index contributed by atoms with van der Waals surface area (Å²) < 4.78 is 6.21. The lowest BCUT2D eigenvalue weighted by molar-refractivity contribution is 0.0582. The van der Waals surface area contributed by atoms with E-state index in [1.165, 1.54) is 0 Å². The molecule has 4 rings (SSSR count). The van der Waals surface area contributed by atoms with Crippen molar-refractivity contribution in [3.63, 3.8) is 0 Å². The van der Waals surface area contributed by atoms with E-state index in [1.54, 1.807) is 12.1 Å². The van der Waals surface area contributed by atoms with Crippen LogP contribution in [0.3, 0.4) is 0 Å². The molecular formula is C25H32N4O5. The highest BCUT2D eigenvalue weighted by atomic mass is 16.5. The number of carbonyl (C=O) groups excluding carboxylic acids is 1. The van der Waals surface area contributed by atoms with Crippen LogP contribution in [-0.4, -0.2) is 71.8 Å². The summed E-state index contributed by atoms with van der Waals surface area (Å²) in [6.07, 6.45) is 0.152. The van der Waals surface area contributed by atoms with Crippen LogP contribution in [0.15, 0.2) is 48.5 Å². The van der Waals surface area contributed by atoms with Crippen molar-refractivity contribution in [2.45, 2.75) is 44.7 Å². The van der Waals surface area contributed by atoms with Gasteiger partial charge in [-0.25, -0.2) is 4.79 Å². The quantitative estimate of drug-likeness (QED) is 0.446. The van der Waals surface area contributed by atoms with Gasteiger partial charge in [-0.3, -0.25) is 9.69 Å². The lowest BCUT2D eigenvalue weighted by Gasteiger charge is -2.30. The molecule has 0 aromatic heterocycles. The molecular weight excluding hydrogens is 436 g/mol. The number of hydrogen-bond donors (Lipinski definition) is 4. The number of aliphatic hydroxyl groups is 1. The predicted molar refractivity (Wildman–Crippen MR) is 128 cm³/mol. The molecule has 9 nitrogen and oxygen atoms in total. The van der Waals surface area contributed by atoms with Crippen LogP contribution in [0.2, 0.25) is 0 Å². The summed E-state index contributed by atoms with van der Waals surface area (Å²) in [6, 6.07) is 13.9. The first kappa shape index (κ1) is 23.8. The van der Waals surface area contributed by atoms with E-state index in [2.05, 4.69) is 27.4 Å². The van der Waals surface area contributed by atoms with Gasteiger partial charge in [0.05, 0.1) is 17.8 Å².